The van der Waals surface area contributed by atoms with Crippen molar-refractivity contribution >= 4 is 23.8 Å². The van der Waals surface area contributed by atoms with Crippen molar-refractivity contribution in [1.29, 1.82) is 0 Å². The molecule has 0 bridgehead atoms. The van der Waals surface area contributed by atoms with E-state index in [1.165, 1.54) is 33.4 Å². The van der Waals surface area contributed by atoms with Crippen molar-refractivity contribution in [2.24, 2.45) is 9.98 Å². The Morgan fingerprint density at radius 3 is 1.10 bits per heavy atom. The van der Waals surface area contributed by atoms with Crippen molar-refractivity contribution in [1.82, 2.24) is 4.98 Å². The molecule has 3 rings (SSSR count). The molecule has 1 aromatic heterocycles. The van der Waals surface area contributed by atoms with Gasteiger partial charge in [0.15, 0.2) is 0 Å². The molecule has 0 amide bonds. The van der Waals surface area contributed by atoms with Gasteiger partial charge in [0.05, 0.1) is 35.2 Å². The van der Waals surface area contributed by atoms with Gasteiger partial charge in [-0.1, -0.05) is 65.8 Å². The molecule has 39 heavy (non-hydrogen) atoms. The summed E-state index contributed by atoms with van der Waals surface area (Å²) in [5.41, 5.74) is 13.1. The maximum absolute atomic E-state index is 4.94. The number of aryl methyl sites for hydroxylation is 7. The van der Waals surface area contributed by atoms with E-state index in [1.54, 1.807) is 0 Å². The van der Waals surface area contributed by atoms with Crippen LogP contribution in [0.15, 0.2) is 46.4 Å². The molecule has 3 aromatic rings. The second-order valence-electron chi connectivity index (χ2n) is 9.16. The maximum atomic E-state index is 4.94. The van der Waals surface area contributed by atoms with Crippen LogP contribution in [-0.2, 0) is 55.6 Å². The van der Waals surface area contributed by atoms with Crippen molar-refractivity contribution < 1.29 is 54.3 Å². The second kappa shape index (κ2) is 19.4. The Morgan fingerprint density at radius 2 is 0.846 bits per heavy atom. The molecule has 0 saturated carbocycles. The fraction of sp³-hybridized carbons (Fsp3) is 0.406. The van der Waals surface area contributed by atoms with E-state index in [0.717, 1.165) is 66.9 Å². The number of hydrogen-bond acceptors (Lipinski definition) is 3. The molecule has 1 heterocycles. The van der Waals surface area contributed by atoms with Gasteiger partial charge in [0, 0.05) is 0 Å². The summed E-state index contributed by atoms with van der Waals surface area (Å²) < 4.78 is 0. The maximum Gasteiger partial charge on any atom is 3.00 e. The van der Waals surface area contributed by atoms with Gasteiger partial charge in [0.2, 0.25) is 0 Å². The van der Waals surface area contributed by atoms with Gasteiger partial charge in [-0.15, -0.1) is 0 Å². The van der Waals surface area contributed by atoms with Crippen molar-refractivity contribution in [2.75, 3.05) is 0 Å². The first-order chi connectivity index (χ1) is 17.0. The van der Waals surface area contributed by atoms with E-state index in [2.05, 4.69) is 84.9 Å². The largest absolute Gasteiger partial charge is 3.00 e. The van der Waals surface area contributed by atoms with Gasteiger partial charge in [-0.25, -0.2) is 4.98 Å². The van der Waals surface area contributed by atoms with Crippen LogP contribution in [-0.4, -0.2) is 17.4 Å². The zero-order valence-electron chi connectivity index (χ0n) is 24.2. The van der Waals surface area contributed by atoms with Crippen LogP contribution < -0.4 is 37.2 Å². The van der Waals surface area contributed by atoms with E-state index in [1.807, 2.05) is 12.4 Å². The molecule has 0 N–H and O–H groups in total. The minimum atomic E-state index is 0. The summed E-state index contributed by atoms with van der Waals surface area (Å²) in [6, 6.07) is 13.4. The van der Waals surface area contributed by atoms with Gasteiger partial charge in [-0.05, 0) is 96.5 Å². The van der Waals surface area contributed by atoms with Crippen LogP contribution in [0.25, 0.3) is 0 Å². The average Bonchev–Trinajstić information content (AvgIpc) is 2.89. The Kier molecular flexibility index (Phi) is 19.6. The Labute approximate surface area is 265 Å². The summed E-state index contributed by atoms with van der Waals surface area (Å²) >= 11 is 0. The Bertz CT molecular complexity index is 1100. The summed E-state index contributed by atoms with van der Waals surface area (Å²) in [5.74, 6) is 0. The third kappa shape index (κ3) is 10.3. The van der Waals surface area contributed by atoms with E-state index in [-0.39, 0.29) is 54.3 Å². The number of aliphatic imine (C=N–C) groups is 2. The van der Waals surface area contributed by atoms with Gasteiger partial charge in [0.25, 0.3) is 0 Å². The minimum Gasteiger partial charge on any atom is -1.00 e. The smallest absolute Gasteiger partial charge is 1.00 e. The van der Waals surface area contributed by atoms with Crippen LogP contribution in [0.3, 0.4) is 0 Å². The molecule has 0 saturated heterocycles. The monoisotopic (exact) mass is 628 g/mol. The van der Waals surface area contributed by atoms with Crippen LogP contribution in [0.5, 0.6) is 0 Å². The van der Waals surface area contributed by atoms with Crippen LogP contribution in [0.1, 0.15) is 91.9 Å². The first-order valence-corrected chi connectivity index (χ1v) is 13.3. The zero-order valence-corrected chi connectivity index (χ0v) is 27.6. The Hall–Kier alpha value is -1.68. The van der Waals surface area contributed by atoms with Crippen LogP contribution in [0.4, 0.5) is 11.4 Å². The van der Waals surface area contributed by atoms with E-state index in [4.69, 9.17) is 15.0 Å². The Balaban J connectivity index is 0. The van der Waals surface area contributed by atoms with Gasteiger partial charge in [0.1, 0.15) is 0 Å². The van der Waals surface area contributed by atoms with Crippen molar-refractivity contribution in [3.8, 4) is 0 Å². The van der Waals surface area contributed by atoms with E-state index in [9.17, 15) is 0 Å². The number of hydrogen-bond donors (Lipinski definition) is 0. The molecule has 3 nitrogen and oxygen atoms in total. The predicted molar refractivity (Wildman–Crippen MR) is 153 cm³/mol. The number of pyridine rings is 1. The second-order valence-corrected chi connectivity index (χ2v) is 9.16. The van der Waals surface area contributed by atoms with Crippen molar-refractivity contribution in [3.05, 3.63) is 86.7 Å². The predicted octanol–water partition coefficient (Wildman–Crippen LogP) is -0.725. The number of rotatable bonds is 10. The molecule has 0 unspecified atom stereocenters. The minimum absolute atomic E-state index is 0. The molecule has 0 aliphatic heterocycles. The number of benzene rings is 2. The first-order valence-electron chi connectivity index (χ1n) is 13.3. The normalized spacial score (nSPS) is 10.5. The zero-order chi connectivity index (χ0) is 25.4. The van der Waals surface area contributed by atoms with Gasteiger partial charge >= 0.3 is 17.1 Å². The first kappa shape index (κ1) is 39.5. The number of halogens is 3. The summed E-state index contributed by atoms with van der Waals surface area (Å²) in [4.78, 5) is 14.7. The number of aromatic nitrogens is 1. The summed E-state index contributed by atoms with van der Waals surface area (Å²) in [6.45, 7) is 15.3. The molecule has 0 spiro atoms. The topological polar surface area (TPSA) is 37.6 Å². The third-order valence-corrected chi connectivity index (χ3v) is 6.66. The molecule has 0 atom stereocenters. The fourth-order valence-corrected chi connectivity index (χ4v) is 4.60. The fourth-order valence-electron chi connectivity index (χ4n) is 4.60. The summed E-state index contributed by atoms with van der Waals surface area (Å²) in [5, 5.41) is 0. The Morgan fingerprint density at radius 1 is 0.538 bits per heavy atom. The number of nitrogens with zero attached hydrogens (tertiary/aromatic N) is 3. The van der Waals surface area contributed by atoms with Gasteiger partial charge in [-0.3, -0.25) is 9.98 Å². The van der Waals surface area contributed by atoms with Crippen molar-refractivity contribution in [3.63, 3.8) is 0 Å². The van der Waals surface area contributed by atoms with Gasteiger partial charge < -0.3 is 37.2 Å². The van der Waals surface area contributed by atoms with Crippen LogP contribution in [0.2, 0.25) is 0 Å². The van der Waals surface area contributed by atoms with Crippen LogP contribution >= 0.6 is 0 Å². The standard InChI is InChI=1S/C32H41N3.3ClH.Fe/c1-8-23-16-25(10-3)31(26(11-4)17-23)33-20-29-14-22(7)15-30(35-29)21-34-32-27(12-5)18-24(9-2)19-28(32)13-6;;;;/h14-21H,8-13H2,1-7H3;3*1H;/q;;;;+3/p-3. The van der Waals surface area contributed by atoms with Gasteiger partial charge in [-0.2, -0.15) is 0 Å². The molecule has 1 radical (unpaired) electrons. The van der Waals surface area contributed by atoms with E-state index in [0.29, 0.717) is 0 Å². The molecular formula is C32H41Cl3FeN3. The summed E-state index contributed by atoms with van der Waals surface area (Å²) in [6.07, 6.45) is 9.82. The molecular weight excluding hydrogens is 589 g/mol. The van der Waals surface area contributed by atoms with E-state index >= 15 is 0 Å². The third-order valence-electron chi connectivity index (χ3n) is 6.66. The van der Waals surface area contributed by atoms with E-state index < -0.39 is 0 Å². The van der Waals surface area contributed by atoms with Crippen LogP contribution in [0, 0.1) is 6.92 Å². The molecule has 2 aromatic carbocycles. The molecule has 0 fully saturated rings. The molecule has 0 aliphatic rings. The quantitative estimate of drug-likeness (QED) is 0.216. The van der Waals surface area contributed by atoms with Crippen molar-refractivity contribution in [2.45, 2.75) is 87.0 Å². The average molecular weight is 630 g/mol. The SMILES string of the molecule is CCc1cc(CC)c(N=Cc2cc(C)cc(C=Nc3c(CC)cc(CC)cc3CC)n2)c(CC)c1.[Cl-].[Cl-].[Cl-].[Fe+3]. The molecule has 7 heteroatoms. The summed E-state index contributed by atoms with van der Waals surface area (Å²) in [7, 11) is 0. The molecule has 213 valence electrons. The molecule has 0 aliphatic carbocycles.